The maximum Gasteiger partial charge on any atom is 0 e. The topological polar surface area (TPSA) is 0 Å². The molecule has 4 heavy (non-hydrogen) atoms. The Morgan fingerprint density at radius 1 is 1.00 bits per heavy atom. The van der Waals surface area contributed by atoms with Gasteiger partial charge in [-0.1, -0.05) is 0 Å². The molecule has 0 bridgehead atoms. The molecular weight excluding hydrogens is 265 g/mol. The molecule has 0 aromatic carbocycles. The van der Waals surface area contributed by atoms with Gasteiger partial charge in [-0.3, -0.25) is 0 Å². The van der Waals surface area contributed by atoms with Gasteiger partial charge in [0, 0.05) is 73.5 Å². The van der Waals surface area contributed by atoms with E-state index >= 15 is 0 Å². The molecule has 0 N–H and O–H groups in total. The molecule has 0 amide bonds. The molecule has 27 valence electrons. The van der Waals surface area contributed by atoms with Gasteiger partial charge in [-0.25, -0.2) is 0 Å². The van der Waals surface area contributed by atoms with Gasteiger partial charge >= 0.3 is 0 Å². The van der Waals surface area contributed by atoms with Gasteiger partial charge in [0.1, 0.15) is 0 Å². The SMILES string of the molecule is [Cu].[In].[Mn].[S]. The molecule has 0 fully saturated rings. The van der Waals surface area contributed by atoms with Gasteiger partial charge in [0.25, 0.3) is 0 Å². The van der Waals surface area contributed by atoms with Crippen molar-refractivity contribution in [2.24, 2.45) is 0 Å². The normalized spacial score (nSPS) is 0. The Morgan fingerprint density at radius 2 is 1.00 bits per heavy atom. The average molecular weight is 265 g/mol. The van der Waals surface area contributed by atoms with Crippen molar-refractivity contribution in [3.63, 3.8) is 0 Å². The van der Waals surface area contributed by atoms with E-state index in [1.165, 1.54) is 0 Å². The Labute approximate surface area is 72.7 Å². The second-order valence-electron chi connectivity index (χ2n) is 0. The maximum atomic E-state index is 0. The van der Waals surface area contributed by atoms with Crippen molar-refractivity contribution in [2.75, 3.05) is 0 Å². The molecule has 7 radical (unpaired) electrons. The summed E-state index contributed by atoms with van der Waals surface area (Å²) in [5.41, 5.74) is 0. The summed E-state index contributed by atoms with van der Waals surface area (Å²) in [4.78, 5) is 0. The molecule has 4 heteroatoms. The minimum Gasteiger partial charge on any atom is 0 e. The van der Waals surface area contributed by atoms with Gasteiger partial charge in [-0.15, -0.1) is 0 Å². The van der Waals surface area contributed by atoms with Crippen molar-refractivity contribution in [3.05, 3.63) is 0 Å². The monoisotopic (exact) mass is 265 g/mol. The predicted octanol–water partition coefficient (Wildman–Crippen LogP) is 0.262. The molecule has 0 saturated carbocycles. The first kappa shape index (κ1) is 33.9. The standard InChI is InChI=1S/Cu.In.Mn.S. The summed E-state index contributed by atoms with van der Waals surface area (Å²) >= 11 is 0. The summed E-state index contributed by atoms with van der Waals surface area (Å²) in [6.07, 6.45) is 0. The third-order valence-electron chi connectivity index (χ3n) is 0. The quantitative estimate of drug-likeness (QED) is 0.551. The van der Waals surface area contributed by atoms with Crippen molar-refractivity contribution in [1.82, 2.24) is 0 Å². The fourth-order valence-corrected chi connectivity index (χ4v) is 0. The van der Waals surface area contributed by atoms with Crippen LogP contribution in [0.1, 0.15) is 0 Å². The molecular formula is CuInMnS. The summed E-state index contributed by atoms with van der Waals surface area (Å²) in [5, 5.41) is 0. The zero-order valence-corrected chi connectivity index (χ0v) is 7.90. The van der Waals surface area contributed by atoms with E-state index in [2.05, 4.69) is 0 Å². The fourth-order valence-electron chi connectivity index (χ4n) is 0. The summed E-state index contributed by atoms with van der Waals surface area (Å²) < 4.78 is 0. The van der Waals surface area contributed by atoms with E-state index in [-0.39, 0.29) is 73.5 Å². The third-order valence-corrected chi connectivity index (χ3v) is 0. The number of hydrogen-bond acceptors (Lipinski definition) is 0. The Balaban J connectivity index is 0. The van der Waals surface area contributed by atoms with E-state index < -0.39 is 0 Å². The van der Waals surface area contributed by atoms with E-state index in [1.54, 1.807) is 0 Å². The molecule has 0 aromatic heterocycles. The van der Waals surface area contributed by atoms with Crippen LogP contribution in [-0.4, -0.2) is 25.8 Å². The van der Waals surface area contributed by atoms with Crippen molar-refractivity contribution >= 4 is 39.3 Å². The van der Waals surface area contributed by atoms with E-state index in [0.29, 0.717) is 0 Å². The summed E-state index contributed by atoms with van der Waals surface area (Å²) in [7, 11) is 0. The van der Waals surface area contributed by atoms with Crippen LogP contribution in [0.5, 0.6) is 0 Å². The molecule has 0 rings (SSSR count). The molecule has 0 spiro atoms. The molecule has 0 heterocycles. The smallest absolute Gasteiger partial charge is 0 e. The van der Waals surface area contributed by atoms with Crippen LogP contribution in [0.25, 0.3) is 0 Å². The summed E-state index contributed by atoms with van der Waals surface area (Å²) in [6, 6.07) is 0. The summed E-state index contributed by atoms with van der Waals surface area (Å²) in [5.74, 6) is 0. The van der Waals surface area contributed by atoms with Crippen LogP contribution < -0.4 is 0 Å². The van der Waals surface area contributed by atoms with E-state index in [9.17, 15) is 0 Å². The van der Waals surface area contributed by atoms with Gasteiger partial charge < -0.3 is 0 Å². The Morgan fingerprint density at radius 3 is 1.00 bits per heavy atom. The van der Waals surface area contributed by atoms with Gasteiger partial charge in [0.2, 0.25) is 0 Å². The third kappa shape index (κ3) is 8.86. The van der Waals surface area contributed by atoms with Crippen molar-refractivity contribution in [1.29, 1.82) is 0 Å². The molecule has 0 aliphatic rings. The van der Waals surface area contributed by atoms with Gasteiger partial charge in [0.15, 0.2) is 0 Å². The zero-order chi connectivity index (χ0) is 0. The van der Waals surface area contributed by atoms with Crippen LogP contribution in [0.15, 0.2) is 0 Å². The van der Waals surface area contributed by atoms with E-state index in [0.717, 1.165) is 0 Å². The maximum absolute atomic E-state index is 0. The second kappa shape index (κ2) is 18.7. The van der Waals surface area contributed by atoms with E-state index in [1.807, 2.05) is 0 Å². The molecule has 0 unspecified atom stereocenters. The van der Waals surface area contributed by atoms with Crippen LogP contribution in [0, 0.1) is 0 Å². The first-order valence-electron chi connectivity index (χ1n) is 0. The Kier molecular flexibility index (Phi) is 159. The van der Waals surface area contributed by atoms with Crippen LogP contribution in [-0.2, 0) is 34.1 Å². The van der Waals surface area contributed by atoms with Gasteiger partial charge in [0.05, 0.1) is 0 Å². The summed E-state index contributed by atoms with van der Waals surface area (Å²) in [6.45, 7) is 0. The van der Waals surface area contributed by atoms with Crippen LogP contribution in [0.4, 0.5) is 0 Å². The first-order chi connectivity index (χ1) is 0. The predicted molar refractivity (Wildman–Crippen MR) is 13.3 cm³/mol. The average Bonchev–Trinajstić information content (AvgIpc) is 0. The molecule has 0 saturated heterocycles. The first-order valence-corrected chi connectivity index (χ1v) is 0. The molecule has 0 aromatic rings. The van der Waals surface area contributed by atoms with Crippen LogP contribution in [0.3, 0.4) is 0 Å². The molecule has 0 aliphatic carbocycles. The molecule has 0 atom stereocenters. The largest absolute Gasteiger partial charge is 0 e. The van der Waals surface area contributed by atoms with Gasteiger partial charge in [-0.2, -0.15) is 0 Å². The van der Waals surface area contributed by atoms with Gasteiger partial charge in [-0.05, 0) is 0 Å². The van der Waals surface area contributed by atoms with Crippen LogP contribution in [0.2, 0.25) is 0 Å². The minimum absolute atomic E-state index is 0. The molecule has 0 nitrogen and oxygen atoms in total. The van der Waals surface area contributed by atoms with Crippen LogP contribution >= 0.6 is 13.5 Å². The minimum atomic E-state index is 0. The number of hydrogen-bond donors (Lipinski definition) is 0. The van der Waals surface area contributed by atoms with E-state index in [4.69, 9.17) is 0 Å². The number of rotatable bonds is 0. The second-order valence-corrected chi connectivity index (χ2v) is 0. The molecule has 0 aliphatic heterocycles. The van der Waals surface area contributed by atoms with Crippen molar-refractivity contribution in [2.45, 2.75) is 0 Å². The van der Waals surface area contributed by atoms with Crippen molar-refractivity contribution < 1.29 is 34.1 Å². The Bertz CT molecular complexity index is 8.00. The Hall–Kier alpha value is 2.26. The fraction of sp³-hybridized carbons (Fsp3) is 0. The van der Waals surface area contributed by atoms with Crippen molar-refractivity contribution in [3.8, 4) is 0 Å². The zero-order valence-electron chi connectivity index (χ0n) is 1.67.